The maximum Gasteiger partial charge on any atom is 0.257 e. The highest BCUT2D eigenvalue weighted by atomic mass is 79.9. The van der Waals surface area contributed by atoms with Crippen molar-refractivity contribution >= 4 is 48.5 Å². The number of aromatic hydroxyl groups is 1. The van der Waals surface area contributed by atoms with Crippen LogP contribution >= 0.6 is 27.3 Å². The maximum atomic E-state index is 12.1. The molecule has 1 aromatic heterocycles. The Labute approximate surface area is 127 Å². The predicted octanol–water partition coefficient (Wildman–Crippen LogP) is 4.02. The lowest BCUT2D eigenvalue weighted by Gasteiger charge is -2.03. The lowest BCUT2D eigenvalue weighted by Crippen LogP contribution is -2.11. The second-order valence-corrected chi connectivity index (χ2v) is 5.99. The number of fused-ring (bicyclic) bond motifs is 1. The minimum absolute atomic E-state index is 0.0296. The number of aromatic nitrogens is 1. The number of nitrogens with zero attached hydrogens (tertiary/aromatic N) is 1. The summed E-state index contributed by atoms with van der Waals surface area (Å²) in [7, 11) is 0. The summed E-state index contributed by atoms with van der Waals surface area (Å²) in [6, 6.07) is 12.3. The third-order valence-corrected chi connectivity index (χ3v) is 4.35. The Morgan fingerprint density at radius 1 is 1.25 bits per heavy atom. The molecule has 2 aromatic carbocycles. The second kappa shape index (κ2) is 5.22. The number of para-hydroxylation sites is 1. The SMILES string of the molecule is O=C(Nc1nc2ccccc2s1)c1ccc(Br)c(O)c1. The predicted molar refractivity (Wildman–Crippen MR) is 83.4 cm³/mol. The third kappa shape index (κ3) is 2.52. The van der Waals surface area contributed by atoms with Crippen molar-refractivity contribution in [3.63, 3.8) is 0 Å². The molecule has 0 bridgehead atoms. The van der Waals surface area contributed by atoms with E-state index in [0.717, 1.165) is 10.2 Å². The number of anilines is 1. The van der Waals surface area contributed by atoms with Crippen LogP contribution in [-0.2, 0) is 0 Å². The number of benzene rings is 2. The van der Waals surface area contributed by atoms with E-state index < -0.39 is 0 Å². The monoisotopic (exact) mass is 348 g/mol. The van der Waals surface area contributed by atoms with Crippen molar-refractivity contribution in [3.8, 4) is 5.75 Å². The summed E-state index contributed by atoms with van der Waals surface area (Å²) in [5, 5.41) is 12.9. The van der Waals surface area contributed by atoms with Crippen molar-refractivity contribution in [1.29, 1.82) is 0 Å². The van der Waals surface area contributed by atoms with Crippen molar-refractivity contribution in [1.82, 2.24) is 4.98 Å². The molecule has 6 heteroatoms. The van der Waals surface area contributed by atoms with Crippen molar-refractivity contribution in [3.05, 3.63) is 52.5 Å². The maximum absolute atomic E-state index is 12.1. The molecule has 0 aliphatic rings. The molecule has 0 saturated heterocycles. The van der Waals surface area contributed by atoms with E-state index in [4.69, 9.17) is 0 Å². The summed E-state index contributed by atoms with van der Waals surface area (Å²) in [4.78, 5) is 16.4. The van der Waals surface area contributed by atoms with Gasteiger partial charge in [-0.1, -0.05) is 23.5 Å². The van der Waals surface area contributed by atoms with Gasteiger partial charge in [-0.05, 0) is 46.3 Å². The molecule has 20 heavy (non-hydrogen) atoms. The molecule has 0 aliphatic carbocycles. The number of phenols is 1. The van der Waals surface area contributed by atoms with Crippen LogP contribution < -0.4 is 5.32 Å². The van der Waals surface area contributed by atoms with Gasteiger partial charge in [0.2, 0.25) is 0 Å². The normalized spacial score (nSPS) is 10.7. The Hall–Kier alpha value is -1.92. The summed E-state index contributed by atoms with van der Waals surface area (Å²) < 4.78 is 1.57. The van der Waals surface area contributed by atoms with E-state index in [-0.39, 0.29) is 11.7 Å². The summed E-state index contributed by atoms with van der Waals surface area (Å²) in [5.41, 5.74) is 1.23. The average molecular weight is 349 g/mol. The largest absolute Gasteiger partial charge is 0.507 e. The van der Waals surface area contributed by atoms with E-state index in [0.29, 0.717) is 15.2 Å². The number of thiazole rings is 1. The number of nitrogens with one attached hydrogen (secondary N) is 1. The van der Waals surface area contributed by atoms with Crippen LogP contribution in [0.3, 0.4) is 0 Å². The molecule has 4 nitrogen and oxygen atoms in total. The van der Waals surface area contributed by atoms with Crippen LogP contribution in [-0.4, -0.2) is 16.0 Å². The number of hydrogen-bond acceptors (Lipinski definition) is 4. The molecule has 1 heterocycles. The van der Waals surface area contributed by atoms with E-state index in [9.17, 15) is 9.90 Å². The Kier molecular flexibility index (Phi) is 3.42. The van der Waals surface area contributed by atoms with Crippen molar-refractivity contribution in [2.75, 3.05) is 5.32 Å². The highest BCUT2D eigenvalue weighted by molar-refractivity contribution is 9.10. The smallest absolute Gasteiger partial charge is 0.257 e. The number of rotatable bonds is 2. The molecule has 3 aromatic rings. The van der Waals surface area contributed by atoms with Crippen molar-refractivity contribution < 1.29 is 9.90 Å². The van der Waals surface area contributed by atoms with Gasteiger partial charge in [0.25, 0.3) is 5.91 Å². The third-order valence-electron chi connectivity index (χ3n) is 2.72. The fourth-order valence-electron chi connectivity index (χ4n) is 1.75. The van der Waals surface area contributed by atoms with Gasteiger partial charge in [-0.3, -0.25) is 10.1 Å². The standard InChI is InChI=1S/C14H9BrN2O2S/c15-9-6-5-8(7-11(9)18)13(19)17-14-16-10-3-1-2-4-12(10)20-14/h1-7,18H,(H,16,17,19). The first kappa shape index (κ1) is 13.1. The zero-order valence-corrected chi connectivity index (χ0v) is 12.5. The van der Waals surface area contributed by atoms with Crippen LogP contribution in [0, 0.1) is 0 Å². The van der Waals surface area contributed by atoms with Gasteiger partial charge in [-0.2, -0.15) is 0 Å². The topological polar surface area (TPSA) is 62.2 Å². The molecule has 0 unspecified atom stereocenters. The Bertz CT molecular complexity index is 768. The highest BCUT2D eigenvalue weighted by Gasteiger charge is 2.11. The van der Waals surface area contributed by atoms with Gasteiger partial charge < -0.3 is 5.11 Å². The molecule has 0 spiro atoms. The molecule has 3 rings (SSSR count). The number of carbonyl (C=O) groups is 1. The second-order valence-electron chi connectivity index (χ2n) is 4.11. The first-order chi connectivity index (χ1) is 9.63. The first-order valence-corrected chi connectivity index (χ1v) is 7.40. The zero-order chi connectivity index (χ0) is 14.1. The highest BCUT2D eigenvalue weighted by Crippen LogP contribution is 2.27. The summed E-state index contributed by atoms with van der Waals surface area (Å²) in [6.45, 7) is 0. The van der Waals surface area contributed by atoms with E-state index in [1.807, 2.05) is 24.3 Å². The van der Waals surface area contributed by atoms with Gasteiger partial charge in [-0.15, -0.1) is 0 Å². The van der Waals surface area contributed by atoms with E-state index in [2.05, 4.69) is 26.2 Å². The van der Waals surface area contributed by atoms with Crippen molar-refractivity contribution in [2.45, 2.75) is 0 Å². The molecule has 1 amide bonds. The van der Waals surface area contributed by atoms with Crippen molar-refractivity contribution in [2.24, 2.45) is 0 Å². The lowest BCUT2D eigenvalue weighted by molar-refractivity contribution is 0.102. The molecule has 0 aliphatic heterocycles. The Balaban J connectivity index is 1.86. The zero-order valence-electron chi connectivity index (χ0n) is 10.1. The first-order valence-electron chi connectivity index (χ1n) is 5.79. The fourth-order valence-corrected chi connectivity index (χ4v) is 2.86. The number of halogens is 1. The minimum atomic E-state index is -0.299. The van der Waals surface area contributed by atoms with Crippen LogP contribution in [0.5, 0.6) is 5.75 Å². The summed E-state index contributed by atoms with van der Waals surface area (Å²) in [5.74, 6) is -0.270. The van der Waals surface area contributed by atoms with Crippen LogP contribution in [0.1, 0.15) is 10.4 Å². The van der Waals surface area contributed by atoms with Crippen LogP contribution in [0.25, 0.3) is 10.2 Å². The quantitative estimate of drug-likeness (QED) is 0.735. The van der Waals surface area contributed by atoms with Gasteiger partial charge >= 0.3 is 0 Å². The molecule has 0 atom stereocenters. The number of carbonyl (C=O) groups excluding carboxylic acids is 1. The number of amides is 1. The van der Waals surface area contributed by atoms with E-state index >= 15 is 0 Å². The molecular weight excluding hydrogens is 340 g/mol. The van der Waals surface area contributed by atoms with Gasteiger partial charge in [0.15, 0.2) is 5.13 Å². The summed E-state index contributed by atoms with van der Waals surface area (Å²) in [6.07, 6.45) is 0. The Morgan fingerprint density at radius 2 is 2.05 bits per heavy atom. The fraction of sp³-hybridized carbons (Fsp3) is 0. The molecule has 2 N–H and O–H groups in total. The van der Waals surface area contributed by atoms with Gasteiger partial charge in [0.05, 0.1) is 14.7 Å². The van der Waals surface area contributed by atoms with Crippen LogP contribution in [0.4, 0.5) is 5.13 Å². The number of hydrogen-bond donors (Lipinski definition) is 2. The van der Waals surface area contributed by atoms with Crippen LogP contribution in [0.15, 0.2) is 46.9 Å². The van der Waals surface area contributed by atoms with Gasteiger partial charge in [0.1, 0.15) is 5.75 Å². The summed E-state index contributed by atoms with van der Waals surface area (Å²) >= 11 is 4.59. The molecule has 100 valence electrons. The van der Waals surface area contributed by atoms with E-state index in [1.54, 1.807) is 12.1 Å². The average Bonchev–Trinajstić information content (AvgIpc) is 2.83. The van der Waals surface area contributed by atoms with Crippen LogP contribution in [0.2, 0.25) is 0 Å². The van der Waals surface area contributed by atoms with E-state index in [1.165, 1.54) is 17.4 Å². The number of phenolic OH excluding ortho intramolecular Hbond substituents is 1. The lowest BCUT2D eigenvalue weighted by atomic mass is 10.2. The van der Waals surface area contributed by atoms with Gasteiger partial charge in [-0.25, -0.2) is 4.98 Å². The molecule has 0 radical (unpaired) electrons. The Morgan fingerprint density at radius 3 is 2.80 bits per heavy atom. The molecular formula is C14H9BrN2O2S. The van der Waals surface area contributed by atoms with Gasteiger partial charge in [0, 0.05) is 5.56 Å². The minimum Gasteiger partial charge on any atom is -0.507 e. The molecule has 0 saturated carbocycles. The molecule has 0 fully saturated rings.